The molecule has 4 nitrogen and oxygen atoms in total. The zero-order chi connectivity index (χ0) is 19.3. The van der Waals surface area contributed by atoms with Crippen LogP contribution in [-0.4, -0.2) is 14.8 Å². The molecule has 6 heteroatoms. The number of hydrogen-bond donors (Lipinski definition) is 1. The molecule has 0 saturated heterocycles. The van der Waals surface area contributed by atoms with Gasteiger partial charge in [0, 0.05) is 36.1 Å². The van der Waals surface area contributed by atoms with Crippen LogP contribution in [0, 0.1) is 0 Å². The van der Waals surface area contributed by atoms with Gasteiger partial charge < -0.3 is 5.32 Å². The number of hydrogen-bond acceptors (Lipinski definition) is 5. The Bertz CT molecular complexity index is 1000. The predicted octanol–water partition coefficient (Wildman–Crippen LogP) is 5.53. The van der Waals surface area contributed by atoms with Gasteiger partial charge in [-0.15, -0.1) is 22.7 Å². The molecule has 0 spiro atoms. The third-order valence-electron chi connectivity index (χ3n) is 4.46. The summed E-state index contributed by atoms with van der Waals surface area (Å²) in [6.07, 6.45) is 2.16. The van der Waals surface area contributed by atoms with Crippen LogP contribution in [0.5, 0.6) is 0 Å². The smallest absolute Gasteiger partial charge is 0.107 e. The number of thiophene rings is 1. The molecule has 28 heavy (non-hydrogen) atoms. The van der Waals surface area contributed by atoms with Crippen LogP contribution in [0.2, 0.25) is 0 Å². The Morgan fingerprint density at radius 2 is 1.89 bits per heavy atom. The second-order valence-corrected chi connectivity index (χ2v) is 8.94. The summed E-state index contributed by atoms with van der Waals surface area (Å²) >= 11 is 3.48. The molecule has 0 aliphatic carbocycles. The predicted molar refractivity (Wildman–Crippen MR) is 118 cm³/mol. The first-order valence-corrected chi connectivity index (χ1v) is 11.2. The maximum atomic E-state index is 4.87. The summed E-state index contributed by atoms with van der Waals surface area (Å²) in [5.41, 5.74) is 4.66. The highest BCUT2D eigenvalue weighted by molar-refractivity contribution is 7.13. The van der Waals surface area contributed by atoms with Gasteiger partial charge >= 0.3 is 0 Å². The quantitative estimate of drug-likeness (QED) is 0.417. The molecule has 1 N–H and O–H groups in total. The fourth-order valence-corrected chi connectivity index (χ4v) is 4.64. The fourth-order valence-electron chi connectivity index (χ4n) is 3.06. The van der Waals surface area contributed by atoms with E-state index in [2.05, 4.69) is 72.5 Å². The Kier molecular flexibility index (Phi) is 6.00. The largest absolute Gasteiger partial charge is 0.307 e. The van der Waals surface area contributed by atoms with Crippen molar-refractivity contribution in [1.82, 2.24) is 20.1 Å². The highest BCUT2D eigenvalue weighted by Gasteiger charge is 2.13. The molecule has 3 heterocycles. The lowest BCUT2D eigenvalue weighted by atomic mass is 10.2. The van der Waals surface area contributed by atoms with Gasteiger partial charge in [-0.05, 0) is 17.0 Å². The second-order valence-electron chi connectivity index (χ2n) is 7.10. The monoisotopic (exact) mass is 408 g/mol. The first-order chi connectivity index (χ1) is 13.7. The van der Waals surface area contributed by atoms with Gasteiger partial charge in [0.2, 0.25) is 0 Å². The van der Waals surface area contributed by atoms with Crippen molar-refractivity contribution in [1.29, 1.82) is 0 Å². The second kappa shape index (κ2) is 8.82. The summed E-state index contributed by atoms with van der Waals surface area (Å²) in [5, 5.41) is 13.9. The molecule has 144 valence electrons. The van der Waals surface area contributed by atoms with Gasteiger partial charge in [-0.1, -0.05) is 50.2 Å². The highest BCUT2D eigenvalue weighted by Crippen LogP contribution is 2.27. The summed E-state index contributed by atoms with van der Waals surface area (Å²) in [6, 6.07) is 14.7. The van der Waals surface area contributed by atoms with Crippen LogP contribution in [0.1, 0.15) is 41.6 Å². The number of nitrogens with zero attached hydrogens (tertiary/aromatic N) is 3. The Morgan fingerprint density at radius 3 is 2.61 bits per heavy atom. The minimum atomic E-state index is 0.486. The molecule has 0 saturated carbocycles. The molecule has 0 atom stereocenters. The van der Waals surface area contributed by atoms with Gasteiger partial charge in [-0.2, -0.15) is 5.10 Å². The lowest BCUT2D eigenvalue weighted by Crippen LogP contribution is -2.13. The molecule has 4 aromatic rings. The first-order valence-electron chi connectivity index (χ1n) is 9.48. The van der Waals surface area contributed by atoms with Crippen molar-refractivity contribution >= 4 is 22.7 Å². The Balaban J connectivity index is 1.48. The van der Waals surface area contributed by atoms with E-state index in [4.69, 9.17) is 10.1 Å². The van der Waals surface area contributed by atoms with Crippen LogP contribution in [-0.2, 0) is 19.6 Å². The molecular weight excluding hydrogens is 384 g/mol. The van der Waals surface area contributed by atoms with E-state index < -0.39 is 0 Å². The SMILES string of the molecule is CC(C)c1nc(CNCc2cn(Cc3ccccc3)nc2-c2cccs2)cs1. The normalized spacial score (nSPS) is 11.4. The third kappa shape index (κ3) is 4.58. The van der Waals surface area contributed by atoms with E-state index in [1.807, 2.05) is 10.7 Å². The molecular formula is C22H24N4S2. The molecule has 0 bridgehead atoms. The van der Waals surface area contributed by atoms with Crippen molar-refractivity contribution in [3.05, 3.63) is 81.2 Å². The van der Waals surface area contributed by atoms with Crippen molar-refractivity contribution in [2.45, 2.75) is 39.4 Å². The van der Waals surface area contributed by atoms with Crippen LogP contribution >= 0.6 is 22.7 Å². The molecule has 0 radical (unpaired) electrons. The summed E-state index contributed by atoms with van der Waals surface area (Å²) in [6.45, 7) is 6.70. The number of rotatable bonds is 8. The molecule has 0 fully saturated rings. The average Bonchev–Trinajstić information content (AvgIpc) is 3.43. The van der Waals surface area contributed by atoms with E-state index in [0.29, 0.717) is 5.92 Å². The number of thiazole rings is 1. The Labute approximate surface area is 173 Å². The zero-order valence-corrected chi connectivity index (χ0v) is 17.8. The lowest BCUT2D eigenvalue weighted by molar-refractivity contribution is 0.670. The first kappa shape index (κ1) is 19.1. The van der Waals surface area contributed by atoms with Gasteiger partial charge in [0.1, 0.15) is 5.69 Å². The molecule has 0 amide bonds. The highest BCUT2D eigenvalue weighted by atomic mass is 32.1. The van der Waals surface area contributed by atoms with Crippen LogP contribution in [0.15, 0.2) is 59.4 Å². The molecule has 0 aliphatic rings. The summed E-state index contributed by atoms with van der Waals surface area (Å²) in [7, 11) is 0. The molecule has 1 aromatic carbocycles. The average molecular weight is 409 g/mol. The van der Waals surface area contributed by atoms with Gasteiger partial charge in [-0.25, -0.2) is 4.98 Å². The minimum Gasteiger partial charge on any atom is -0.307 e. The fraction of sp³-hybridized carbons (Fsp3) is 0.273. The van der Waals surface area contributed by atoms with E-state index in [-0.39, 0.29) is 0 Å². The van der Waals surface area contributed by atoms with Crippen molar-refractivity contribution in [2.75, 3.05) is 0 Å². The molecule has 4 rings (SSSR count). The van der Waals surface area contributed by atoms with Crippen molar-refractivity contribution < 1.29 is 0 Å². The number of aromatic nitrogens is 3. The third-order valence-corrected chi connectivity index (χ3v) is 6.54. The van der Waals surface area contributed by atoms with E-state index >= 15 is 0 Å². The van der Waals surface area contributed by atoms with Crippen LogP contribution in [0.3, 0.4) is 0 Å². The lowest BCUT2D eigenvalue weighted by Gasteiger charge is -2.03. The van der Waals surface area contributed by atoms with Gasteiger partial charge in [-0.3, -0.25) is 4.68 Å². The van der Waals surface area contributed by atoms with Crippen molar-refractivity contribution in [2.24, 2.45) is 0 Å². The number of nitrogens with one attached hydrogen (secondary N) is 1. The zero-order valence-electron chi connectivity index (χ0n) is 16.1. The maximum absolute atomic E-state index is 4.87. The topological polar surface area (TPSA) is 42.7 Å². The van der Waals surface area contributed by atoms with Crippen molar-refractivity contribution in [3.8, 4) is 10.6 Å². The molecule has 0 unspecified atom stereocenters. The standard InChI is InChI=1S/C22H24N4S2/c1-16(2)22-24-19(15-28-22)12-23-11-18-14-26(13-17-7-4-3-5-8-17)25-21(18)20-9-6-10-27-20/h3-10,14-16,23H,11-13H2,1-2H3. The Morgan fingerprint density at radius 1 is 1.04 bits per heavy atom. The molecule has 3 aromatic heterocycles. The summed E-state index contributed by atoms with van der Waals surface area (Å²) < 4.78 is 2.04. The van der Waals surface area contributed by atoms with E-state index in [0.717, 1.165) is 31.0 Å². The summed E-state index contributed by atoms with van der Waals surface area (Å²) in [5.74, 6) is 0.486. The van der Waals surface area contributed by atoms with E-state index in [1.54, 1.807) is 22.7 Å². The summed E-state index contributed by atoms with van der Waals surface area (Å²) in [4.78, 5) is 5.92. The molecule has 0 aliphatic heterocycles. The van der Waals surface area contributed by atoms with E-state index in [9.17, 15) is 0 Å². The number of benzene rings is 1. The van der Waals surface area contributed by atoms with Crippen LogP contribution in [0.25, 0.3) is 10.6 Å². The van der Waals surface area contributed by atoms with Crippen molar-refractivity contribution in [3.63, 3.8) is 0 Å². The van der Waals surface area contributed by atoms with E-state index in [1.165, 1.54) is 21.0 Å². The van der Waals surface area contributed by atoms with Gasteiger partial charge in [0.15, 0.2) is 0 Å². The van der Waals surface area contributed by atoms with Gasteiger partial charge in [0.25, 0.3) is 0 Å². The maximum Gasteiger partial charge on any atom is 0.107 e. The minimum absolute atomic E-state index is 0.486. The van der Waals surface area contributed by atoms with Crippen LogP contribution < -0.4 is 5.32 Å². The van der Waals surface area contributed by atoms with Crippen LogP contribution in [0.4, 0.5) is 0 Å². The Hall–Kier alpha value is -2.28. The van der Waals surface area contributed by atoms with Gasteiger partial charge in [0.05, 0.1) is 22.1 Å².